The van der Waals surface area contributed by atoms with Gasteiger partial charge in [-0.25, -0.2) is 15.0 Å². The zero-order valence-corrected chi connectivity index (χ0v) is 22.3. The molecule has 2 aromatic heterocycles. The van der Waals surface area contributed by atoms with Gasteiger partial charge in [0.1, 0.15) is 11.2 Å². The minimum Gasteiger partial charge on any atom is -0.437 e. The van der Waals surface area contributed by atoms with Crippen LogP contribution in [0.1, 0.15) is 32.3 Å². The van der Waals surface area contributed by atoms with Crippen molar-refractivity contribution in [2.45, 2.75) is 39.7 Å². The van der Waals surface area contributed by atoms with Crippen molar-refractivity contribution in [3.63, 3.8) is 0 Å². The highest BCUT2D eigenvalue weighted by Crippen LogP contribution is 2.39. The molecule has 39 heavy (non-hydrogen) atoms. The molecule has 2 aromatic carbocycles. The molecule has 9 heteroatoms. The molecular formula is C30H31N7O2. The molecule has 0 saturated carbocycles. The summed E-state index contributed by atoms with van der Waals surface area (Å²) < 4.78 is 6.48. The number of aromatic nitrogens is 3. The monoisotopic (exact) mass is 521 g/mol. The van der Waals surface area contributed by atoms with Crippen molar-refractivity contribution in [3.05, 3.63) is 66.5 Å². The fourth-order valence-electron chi connectivity index (χ4n) is 4.51. The van der Waals surface area contributed by atoms with Crippen molar-refractivity contribution in [1.82, 2.24) is 20.3 Å². The first-order valence-electron chi connectivity index (χ1n) is 13.0. The van der Waals surface area contributed by atoms with Crippen LogP contribution in [0.4, 0.5) is 11.6 Å². The molecule has 3 N–H and O–H groups in total. The third-order valence-electron chi connectivity index (χ3n) is 6.84. The van der Waals surface area contributed by atoms with Crippen LogP contribution in [0.5, 0.6) is 11.6 Å². The number of benzene rings is 2. The number of fused-ring (bicyclic) bond motifs is 1. The molecule has 5 rings (SSSR count). The van der Waals surface area contributed by atoms with Gasteiger partial charge in [-0.15, -0.1) is 0 Å². The summed E-state index contributed by atoms with van der Waals surface area (Å²) in [6.07, 6.45) is 5.60. The van der Waals surface area contributed by atoms with Crippen molar-refractivity contribution >= 4 is 28.3 Å². The SMILES string of the molecule is Cc1ccc2c(NC(=O)C(C)(C)C#N)cccc2c1Oc1ncccc1-c1ccnc(N[C@H]2CCCNC2)n1. The lowest BCUT2D eigenvalue weighted by atomic mass is 9.94. The Bertz CT molecular complexity index is 1550. The first kappa shape index (κ1) is 26.1. The van der Waals surface area contributed by atoms with Crippen LogP contribution in [0, 0.1) is 23.7 Å². The van der Waals surface area contributed by atoms with Crippen LogP contribution in [-0.2, 0) is 4.79 Å². The number of carbonyl (C=O) groups is 1. The lowest BCUT2D eigenvalue weighted by Gasteiger charge is -2.23. The molecule has 1 atom stereocenters. The number of nitrogens with one attached hydrogen (secondary N) is 3. The second-order valence-electron chi connectivity index (χ2n) is 10.2. The number of aryl methyl sites for hydroxylation is 1. The molecule has 1 amide bonds. The van der Waals surface area contributed by atoms with Crippen molar-refractivity contribution in [2.24, 2.45) is 5.41 Å². The maximum atomic E-state index is 12.7. The number of amides is 1. The summed E-state index contributed by atoms with van der Waals surface area (Å²) in [5, 5.41) is 20.7. The molecule has 1 aliphatic rings. The maximum absolute atomic E-state index is 12.7. The smallest absolute Gasteiger partial charge is 0.244 e. The van der Waals surface area contributed by atoms with Crippen molar-refractivity contribution in [2.75, 3.05) is 23.7 Å². The molecule has 1 aliphatic heterocycles. The highest BCUT2D eigenvalue weighted by Gasteiger charge is 2.28. The molecule has 1 fully saturated rings. The zero-order valence-electron chi connectivity index (χ0n) is 22.3. The fraction of sp³-hybridized carbons (Fsp3) is 0.300. The average Bonchev–Trinajstić information content (AvgIpc) is 2.95. The van der Waals surface area contributed by atoms with Gasteiger partial charge in [0.2, 0.25) is 17.7 Å². The van der Waals surface area contributed by atoms with E-state index in [0.29, 0.717) is 29.0 Å². The van der Waals surface area contributed by atoms with Crippen LogP contribution in [0.15, 0.2) is 60.9 Å². The van der Waals surface area contributed by atoms with Gasteiger partial charge in [-0.2, -0.15) is 5.26 Å². The predicted molar refractivity (Wildman–Crippen MR) is 152 cm³/mol. The summed E-state index contributed by atoms with van der Waals surface area (Å²) in [5.74, 6) is 1.24. The second kappa shape index (κ2) is 11.1. The highest BCUT2D eigenvalue weighted by molar-refractivity contribution is 6.06. The van der Waals surface area contributed by atoms with Gasteiger partial charge in [-0.3, -0.25) is 4.79 Å². The molecule has 0 spiro atoms. The number of carbonyl (C=O) groups excluding carboxylic acids is 1. The standard InChI is InChI=1S/C30H31N7O2/c1-19-11-12-21-22(8-4-10-24(21)36-28(38)30(2,3)18-31)26(19)39-27-23(9-6-15-33-27)25-13-16-34-29(37-25)35-20-7-5-14-32-17-20/h4,6,8-13,15-16,20,32H,5,7,14,17H2,1-3H3,(H,36,38)(H,34,35,37)/t20-/m0/s1. The maximum Gasteiger partial charge on any atom is 0.244 e. The van der Waals surface area contributed by atoms with Crippen LogP contribution >= 0.6 is 0 Å². The number of hydrogen-bond acceptors (Lipinski definition) is 8. The van der Waals surface area contributed by atoms with Crippen LogP contribution in [-0.4, -0.2) is 40.0 Å². The number of nitriles is 1. The lowest BCUT2D eigenvalue weighted by Crippen LogP contribution is -2.38. The Morgan fingerprint density at radius 1 is 1.10 bits per heavy atom. The molecule has 0 aliphatic carbocycles. The van der Waals surface area contributed by atoms with Crippen molar-refractivity contribution < 1.29 is 9.53 Å². The molecule has 0 radical (unpaired) electrons. The summed E-state index contributed by atoms with van der Waals surface area (Å²) in [5.41, 5.74) is 1.80. The molecule has 0 unspecified atom stereocenters. The Labute approximate surface area is 227 Å². The van der Waals surface area contributed by atoms with E-state index in [9.17, 15) is 10.1 Å². The van der Waals surface area contributed by atoms with Crippen LogP contribution in [0.3, 0.4) is 0 Å². The Morgan fingerprint density at radius 3 is 2.77 bits per heavy atom. The van der Waals surface area contributed by atoms with Gasteiger partial charge in [0.25, 0.3) is 0 Å². The van der Waals surface area contributed by atoms with Gasteiger partial charge in [-0.1, -0.05) is 24.3 Å². The normalized spacial score (nSPS) is 15.4. The summed E-state index contributed by atoms with van der Waals surface area (Å²) in [7, 11) is 0. The molecular weight excluding hydrogens is 490 g/mol. The van der Waals surface area contributed by atoms with E-state index in [1.165, 1.54) is 0 Å². The van der Waals surface area contributed by atoms with Gasteiger partial charge in [-0.05, 0) is 70.0 Å². The molecule has 0 bridgehead atoms. The van der Waals surface area contributed by atoms with Crippen molar-refractivity contribution in [3.8, 4) is 29.0 Å². The Morgan fingerprint density at radius 2 is 1.97 bits per heavy atom. The highest BCUT2D eigenvalue weighted by atomic mass is 16.5. The minimum absolute atomic E-state index is 0.283. The topological polar surface area (TPSA) is 125 Å². The molecule has 3 heterocycles. The lowest BCUT2D eigenvalue weighted by molar-refractivity contribution is -0.121. The first-order chi connectivity index (χ1) is 18.9. The van der Waals surface area contributed by atoms with Gasteiger partial charge < -0.3 is 20.7 Å². The number of anilines is 2. The van der Waals surface area contributed by atoms with E-state index in [1.54, 1.807) is 26.2 Å². The van der Waals surface area contributed by atoms with Crippen molar-refractivity contribution in [1.29, 1.82) is 5.26 Å². The van der Waals surface area contributed by atoms with Gasteiger partial charge >= 0.3 is 0 Å². The van der Waals surface area contributed by atoms with Crippen LogP contribution in [0.25, 0.3) is 22.0 Å². The van der Waals surface area contributed by atoms with E-state index in [-0.39, 0.29) is 11.9 Å². The molecule has 4 aromatic rings. The van der Waals surface area contributed by atoms with Gasteiger partial charge in [0, 0.05) is 41.4 Å². The van der Waals surface area contributed by atoms with Crippen LogP contribution in [0.2, 0.25) is 0 Å². The quantitative estimate of drug-likeness (QED) is 0.293. The van der Waals surface area contributed by atoms with E-state index in [0.717, 1.165) is 47.8 Å². The summed E-state index contributed by atoms with van der Waals surface area (Å²) >= 11 is 0. The second-order valence-corrected chi connectivity index (χ2v) is 10.2. The zero-order chi connectivity index (χ0) is 27.4. The summed E-state index contributed by atoms with van der Waals surface area (Å²) in [4.78, 5) is 26.4. The third kappa shape index (κ3) is 5.66. The first-order valence-corrected chi connectivity index (χ1v) is 13.0. The number of rotatable bonds is 7. The van der Waals surface area contributed by atoms with E-state index in [2.05, 4.69) is 25.9 Å². The number of ether oxygens (including phenoxy) is 1. The number of piperidine rings is 1. The number of nitrogens with zero attached hydrogens (tertiary/aromatic N) is 4. The van der Waals surface area contributed by atoms with Gasteiger partial charge in [0.05, 0.1) is 17.3 Å². The van der Waals surface area contributed by atoms with Gasteiger partial charge in [0.15, 0.2) is 0 Å². The van der Waals surface area contributed by atoms with E-state index in [1.807, 2.05) is 61.5 Å². The Balaban J connectivity index is 1.48. The molecule has 9 nitrogen and oxygen atoms in total. The Kier molecular flexibility index (Phi) is 7.39. The average molecular weight is 522 g/mol. The van der Waals surface area contributed by atoms with E-state index >= 15 is 0 Å². The largest absolute Gasteiger partial charge is 0.437 e. The number of hydrogen-bond donors (Lipinski definition) is 3. The summed E-state index contributed by atoms with van der Waals surface area (Å²) in [6.45, 7) is 7.07. The molecule has 198 valence electrons. The number of pyridine rings is 1. The molecule has 1 saturated heterocycles. The minimum atomic E-state index is -1.16. The van der Waals surface area contributed by atoms with E-state index < -0.39 is 5.41 Å². The predicted octanol–water partition coefficient (Wildman–Crippen LogP) is 5.44. The van der Waals surface area contributed by atoms with E-state index in [4.69, 9.17) is 9.72 Å². The van der Waals surface area contributed by atoms with Crippen LogP contribution < -0.4 is 20.7 Å². The fourth-order valence-corrected chi connectivity index (χ4v) is 4.51. The Hall–Kier alpha value is -4.55. The summed E-state index contributed by atoms with van der Waals surface area (Å²) in [6, 6.07) is 17.4. The third-order valence-corrected chi connectivity index (χ3v) is 6.84.